The Balaban J connectivity index is 2.35. The molecule has 0 spiro atoms. The van der Waals surface area contributed by atoms with Gasteiger partial charge in [0.1, 0.15) is 0 Å². The summed E-state index contributed by atoms with van der Waals surface area (Å²) in [6.07, 6.45) is 2.98. The average molecular weight is 239 g/mol. The van der Waals surface area contributed by atoms with Crippen LogP contribution in [0.1, 0.15) is 23.2 Å². The van der Waals surface area contributed by atoms with Crippen LogP contribution in [0.2, 0.25) is 0 Å². The van der Waals surface area contributed by atoms with Gasteiger partial charge in [-0.1, -0.05) is 6.92 Å². The number of rotatable bonds is 3. The molecule has 1 N–H and O–H groups in total. The molecule has 2 aromatic rings. The molecule has 2 aromatic heterocycles. The predicted molar refractivity (Wildman–Crippen MR) is 64.9 cm³/mol. The predicted octanol–water partition coefficient (Wildman–Crippen LogP) is 2.92. The highest BCUT2D eigenvalue weighted by atomic mass is 32.1. The van der Waals surface area contributed by atoms with Gasteiger partial charge in [-0.05, 0) is 25.6 Å². The number of aromatic nitrogens is 3. The van der Waals surface area contributed by atoms with Crippen LogP contribution in [0.3, 0.4) is 0 Å². The summed E-state index contributed by atoms with van der Waals surface area (Å²) in [6.45, 7) is 5.00. The zero-order chi connectivity index (χ0) is 10.8. The molecule has 0 fully saturated rings. The molecule has 0 saturated carbocycles. The molecule has 5 heteroatoms. The molecule has 0 atom stereocenters. The van der Waals surface area contributed by atoms with Gasteiger partial charge in [-0.2, -0.15) is 0 Å². The fourth-order valence-electron chi connectivity index (χ4n) is 1.52. The van der Waals surface area contributed by atoms with Crippen LogP contribution in [0.4, 0.5) is 0 Å². The maximum absolute atomic E-state index is 5.25. The Morgan fingerprint density at radius 2 is 2.40 bits per heavy atom. The molecule has 0 amide bonds. The molecule has 2 rings (SSSR count). The summed E-state index contributed by atoms with van der Waals surface area (Å²) in [6, 6.07) is 0. The summed E-state index contributed by atoms with van der Waals surface area (Å²) >= 11 is 6.93. The van der Waals surface area contributed by atoms with Crippen molar-refractivity contribution in [3.05, 3.63) is 32.7 Å². The van der Waals surface area contributed by atoms with Gasteiger partial charge in [0.2, 0.25) is 0 Å². The highest BCUT2D eigenvalue weighted by Crippen LogP contribution is 2.15. The van der Waals surface area contributed by atoms with Crippen molar-refractivity contribution in [3.8, 4) is 0 Å². The van der Waals surface area contributed by atoms with Crippen LogP contribution in [-0.2, 0) is 13.0 Å². The lowest BCUT2D eigenvalue weighted by atomic mass is 10.3. The van der Waals surface area contributed by atoms with Crippen molar-refractivity contribution in [3.63, 3.8) is 0 Å². The summed E-state index contributed by atoms with van der Waals surface area (Å²) in [4.78, 5) is 8.60. The summed E-state index contributed by atoms with van der Waals surface area (Å²) < 4.78 is 2.93. The quantitative estimate of drug-likeness (QED) is 0.836. The Hall–Kier alpha value is -0.940. The fourth-order valence-corrected chi connectivity index (χ4v) is 2.52. The first kappa shape index (κ1) is 10.6. The van der Waals surface area contributed by atoms with Crippen LogP contribution in [0.25, 0.3) is 0 Å². The Bertz CT molecular complexity index is 507. The van der Waals surface area contributed by atoms with E-state index in [1.54, 1.807) is 11.3 Å². The fraction of sp³-hybridized carbons (Fsp3) is 0.400. The lowest BCUT2D eigenvalue weighted by Gasteiger charge is -2.05. The van der Waals surface area contributed by atoms with E-state index in [9.17, 15) is 0 Å². The Morgan fingerprint density at radius 3 is 3.00 bits per heavy atom. The number of H-pyrrole nitrogens is 1. The molecular formula is C10H13N3S2. The Morgan fingerprint density at radius 1 is 1.60 bits per heavy atom. The second-order valence-electron chi connectivity index (χ2n) is 3.39. The molecule has 80 valence electrons. The maximum Gasteiger partial charge on any atom is 0.177 e. The van der Waals surface area contributed by atoms with Crippen molar-refractivity contribution in [2.45, 2.75) is 26.8 Å². The highest BCUT2D eigenvalue weighted by molar-refractivity contribution is 7.71. The van der Waals surface area contributed by atoms with E-state index in [2.05, 4.69) is 21.5 Å². The summed E-state index contributed by atoms with van der Waals surface area (Å²) in [5.41, 5.74) is 4.23. The largest absolute Gasteiger partial charge is 0.337 e. The molecule has 0 saturated heterocycles. The Kier molecular flexibility index (Phi) is 3.02. The van der Waals surface area contributed by atoms with Crippen molar-refractivity contribution in [1.82, 2.24) is 14.5 Å². The number of hydrogen-bond acceptors (Lipinski definition) is 3. The minimum atomic E-state index is 0.791. The maximum atomic E-state index is 5.25. The van der Waals surface area contributed by atoms with Crippen molar-refractivity contribution in [2.24, 2.45) is 0 Å². The number of aromatic amines is 1. The van der Waals surface area contributed by atoms with Crippen molar-refractivity contribution >= 4 is 23.6 Å². The van der Waals surface area contributed by atoms with Crippen LogP contribution >= 0.6 is 23.6 Å². The van der Waals surface area contributed by atoms with Gasteiger partial charge in [0.25, 0.3) is 0 Å². The minimum absolute atomic E-state index is 0.791. The van der Waals surface area contributed by atoms with E-state index >= 15 is 0 Å². The third kappa shape index (κ3) is 2.03. The number of nitrogens with zero attached hydrogens (tertiary/aromatic N) is 2. The topological polar surface area (TPSA) is 33.6 Å². The zero-order valence-corrected chi connectivity index (χ0v) is 10.4. The van der Waals surface area contributed by atoms with Crippen molar-refractivity contribution in [2.75, 3.05) is 0 Å². The third-order valence-corrected chi connectivity index (χ3v) is 3.72. The molecule has 3 nitrogen and oxygen atoms in total. The van der Waals surface area contributed by atoms with Crippen molar-refractivity contribution in [1.29, 1.82) is 0 Å². The monoisotopic (exact) mass is 239 g/mol. The molecular weight excluding hydrogens is 226 g/mol. The molecule has 2 heterocycles. The average Bonchev–Trinajstić information content (AvgIpc) is 2.77. The van der Waals surface area contributed by atoms with Gasteiger partial charge in [0, 0.05) is 16.8 Å². The minimum Gasteiger partial charge on any atom is -0.337 e. The molecule has 15 heavy (non-hydrogen) atoms. The number of hydrogen-bond donors (Lipinski definition) is 1. The third-order valence-electron chi connectivity index (χ3n) is 2.46. The first-order valence-corrected chi connectivity index (χ1v) is 6.17. The normalized spacial score (nSPS) is 10.8. The van der Waals surface area contributed by atoms with Crippen molar-refractivity contribution < 1.29 is 0 Å². The van der Waals surface area contributed by atoms with Gasteiger partial charge < -0.3 is 9.55 Å². The Labute approximate surface area is 97.8 Å². The van der Waals surface area contributed by atoms with E-state index in [0.29, 0.717) is 0 Å². The molecule has 0 aliphatic rings. The van der Waals surface area contributed by atoms with Gasteiger partial charge in [-0.3, -0.25) is 0 Å². The van der Waals surface area contributed by atoms with Gasteiger partial charge >= 0.3 is 0 Å². The van der Waals surface area contributed by atoms with Gasteiger partial charge in [-0.25, -0.2) is 4.98 Å². The van der Waals surface area contributed by atoms with Gasteiger partial charge in [-0.15, -0.1) is 11.3 Å². The standard InChI is InChI=1S/C10H13N3S2/c1-3-8-4-11-10(14)13(8)5-9-7(2)12-6-15-9/h4,6H,3,5H2,1-2H3,(H,11,14). The molecule has 0 unspecified atom stereocenters. The molecule has 0 aromatic carbocycles. The first-order valence-electron chi connectivity index (χ1n) is 4.88. The summed E-state index contributed by atoms with van der Waals surface area (Å²) in [5, 5.41) is 0. The molecule has 0 aliphatic heterocycles. The molecule has 0 bridgehead atoms. The summed E-state index contributed by atoms with van der Waals surface area (Å²) in [7, 11) is 0. The lowest BCUT2D eigenvalue weighted by molar-refractivity contribution is 0.740. The molecule has 0 radical (unpaired) electrons. The van der Waals surface area contributed by atoms with Crippen LogP contribution in [-0.4, -0.2) is 14.5 Å². The SMILES string of the molecule is CCc1c[nH]c(=S)n1Cc1scnc1C. The summed E-state index contributed by atoms with van der Waals surface area (Å²) in [5.74, 6) is 0. The lowest BCUT2D eigenvalue weighted by Crippen LogP contribution is -2.03. The second kappa shape index (κ2) is 4.28. The van der Waals surface area contributed by atoms with E-state index in [0.717, 1.165) is 23.4 Å². The number of aryl methyl sites for hydroxylation is 2. The smallest absolute Gasteiger partial charge is 0.177 e. The second-order valence-corrected chi connectivity index (χ2v) is 4.71. The highest BCUT2D eigenvalue weighted by Gasteiger charge is 2.06. The molecule has 0 aliphatic carbocycles. The first-order chi connectivity index (χ1) is 7.22. The van der Waals surface area contributed by atoms with Crippen LogP contribution in [0.15, 0.2) is 11.7 Å². The van der Waals surface area contributed by atoms with E-state index < -0.39 is 0 Å². The van der Waals surface area contributed by atoms with E-state index in [-0.39, 0.29) is 0 Å². The zero-order valence-electron chi connectivity index (χ0n) is 8.78. The van der Waals surface area contributed by atoms with Crippen LogP contribution in [0, 0.1) is 11.7 Å². The van der Waals surface area contributed by atoms with E-state index in [1.807, 2.05) is 18.6 Å². The number of thiazole rings is 1. The van der Waals surface area contributed by atoms with E-state index in [1.165, 1.54) is 10.6 Å². The van der Waals surface area contributed by atoms with Gasteiger partial charge in [0.05, 0.1) is 17.7 Å². The number of imidazole rings is 1. The number of nitrogens with one attached hydrogen (secondary N) is 1. The van der Waals surface area contributed by atoms with Gasteiger partial charge in [0.15, 0.2) is 4.77 Å². The van der Waals surface area contributed by atoms with E-state index in [4.69, 9.17) is 12.2 Å². The van der Waals surface area contributed by atoms with Crippen LogP contribution in [0.5, 0.6) is 0 Å². The van der Waals surface area contributed by atoms with Crippen LogP contribution < -0.4 is 0 Å².